The summed E-state index contributed by atoms with van der Waals surface area (Å²) in [5.74, 6) is 0. The maximum absolute atomic E-state index is 11.5. The van der Waals surface area contributed by atoms with Crippen LogP contribution in [-0.2, 0) is 0 Å². The van der Waals surface area contributed by atoms with Gasteiger partial charge in [0.1, 0.15) is 0 Å². The zero-order valence-corrected chi connectivity index (χ0v) is 8.47. The standard InChI is InChI=1S/C9H19N3O/c1-3-9(4-2,7-10)12-6-5-11-8(12)13/h3-7,10H2,1-2H3,(H,11,13). The van der Waals surface area contributed by atoms with Gasteiger partial charge in [-0.3, -0.25) is 0 Å². The van der Waals surface area contributed by atoms with Crippen molar-refractivity contribution in [1.82, 2.24) is 10.2 Å². The molecule has 2 amide bonds. The first kappa shape index (κ1) is 10.3. The molecule has 1 aliphatic rings. The quantitative estimate of drug-likeness (QED) is 0.671. The van der Waals surface area contributed by atoms with Gasteiger partial charge in [-0.25, -0.2) is 4.79 Å². The summed E-state index contributed by atoms with van der Waals surface area (Å²) in [5, 5.41) is 2.81. The van der Waals surface area contributed by atoms with E-state index in [9.17, 15) is 4.79 Å². The van der Waals surface area contributed by atoms with Crippen LogP contribution in [0.2, 0.25) is 0 Å². The molecule has 0 spiro atoms. The molecule has 0 saturated carbocycles. The summed E-state index contributed by atoms with van der Waals surface area (Å²) in [5.41, 5.74) is 5.62. The van der Waals surface area contributed by atoms with Crippen LogP contribution in [0.25, 0.3) is 0 Å². The number of carbonyl (C=O) groups is 1. The lowest BCUT2D eigenvalue weighted by Crippen LogP contribution is -2.54. The number of rotatable bonds is 4. The number of hydrogen-bond donors (Lipinski definition) is 2. The molecule has 1 fully saturated rings. The lowest BCUT2D eigenvalue weighted by atomic mass is 9.91. The molecule has 1 saturated heterocycles. The Labute approximate surface area is 79.5 Å². The molecule has 0 atom stereocenters. The van der Waals surface area contributed by atoms with E-state index in [1.165, 1.54) is 0 Å². The Balaban J connectivity index is 2.79. The minimum atomic E-state index is -0.124. The van der Waals surface area contributed by atoms with Gasteiger partial charge in [-0.05, 0) is 12.8 Å². The summed E-state index contributed by atoms with van der Waals surface area (Å²) >= 11 is 0. The molecule has 0 bridgehead atoms. The van der Waals surface area contributed by atoms with Crippen LogP contribution < -0.4 is 11.1 Å². The summed E-state index contributed by atoms with van der Waals surface area (Å²) in [7, 11) is 0. The Bertz CT molecular complexity index is 181. The number of nitrogens with one attached hydrogen (secondary N) is 1. The summed E-state index contributed by atoms with van der Waals surface area (Å²) in [4.78, 5) is 13.3. The zero-order chi connectivity index (χ0) is 9.90. The van der Waals surface area contributed by atoms with Crippen molar-refractivity contribution in [1.29, 1.82) is 0 Å². The highest BCUT2D eigenvalue weighted by atomic mass is 16.2. The Hall–Kier alpha value is -0.770. The molecule has 1 aliphatic heterocycles. The first-order valence-electron chi connectivity index (χ1n) is 4.95. The maximum atomic E-state index is 11.5. The molecule has 0 radical (unpaired) electrons. The van der Waals surface area contributed by atoms with Gasteiger partial charge in [-0.2, -0.15) is 0 Å². The average Bonchev–Trinajstić information content (AvgIpc) is 2.57. The summed E-state index contributed by atoms with van der Waals surface area (Å²) in [6, 6.07) is 0.0363. The van der Waals surface area contributed by atoms with Crippen molar-refractivity contribution in [3.05, 3.63) is 0 Å². The molecular formula is C9H19N3O. The van der Waals surface area contributed by atoms with E-state index in [4.69, 9.17) is 5.73 Å². The van der Waals surface area contributed by atoms with Gasteiger partial charge in [-0.1, -0.05) is 13.8 Å². The molecule has 4 nitrogen and oxygen atoms in total. The molecule has 0 aromatic rings. The molecule has 3 N–H and O–H groups in total. The summed E-state index contributed by atoms with van der Waals surface area (Å²) < 4.78 is 0. The van der Waals surface area contributed by atoms with E-state index in [0.717, 1.165) is 25.9 Å². The van der Waals surface area contributed by atoms with E-state index in [1.807, 2.05) is 4.90 Å². The van der Waals surface area contributed by atoms with Crippen molar-refractivity contribution < 1.29 is 4.79 Å². The third kappa shape index (κ3) is 1.63. The van der Waals surface area contributed by atoms with E-state index in [-0.39, 0.29) is 11.6 Å². The lowest BCUT2D eigenvalue weighted by Gasteiger charge is -2.38. The highest BCUT2D eigenvalue weighted by molar-refractivity contribution is 5.77. The van der Waals surface area contributed by atoms with Gasteiger partial charge >= 0.3 is 6.03 Å². The first-order chi connectivity index (χ1) is 6.20. The van der Waals surface area contributed by atoms with E-state index in [1.54, 1.807) is 0 Å². The van der Waals surface area contributed by atoms with Crippen LogP contribution in [0, 0.1) is 0 Å². The molecule has 13 heavy (non-hydrogen) atoms. The van der Waals surface area contributed by atoms with Crippen molar-refractivity contribution >= 4 is 6.03 Å². The Kier molecular flexibility index (Phi) is 3.14. The van der Waals surface area contributed by atoms with Gasteiger partial charge in [0.25, 0.3) is 0 Å². The van der Waals surface area contributed by atoms with Gasteiger partial charge < -0.3 is 16.0 Å². The Morgan fingerprint density at radius 2 is 2.15 bits per heavy atom. The van der Waals surface area contributed by atoms with Crippen molar-refractivity contribution in [3.63, 3.8) is 0 Å². The second-order valence-electron chi connectivity index (χ2n) is 3.52. The first-order valence-corrected chi connectivity index (χ1v) is 4.95. The molecular weight excluding hydrogens is 166 g/mol. The molecule has 1 rings (SSSR count). The molecule has 1 heterocycles. The molecule has 4 heteroatoms. The topological polar surface area (TPSA) is 58.4 Å². The Morgan fingerprint density at radius 3 is 2.46 bits per heavy atom. The number of nitrogens with zero attached hydrogens (tertiary/aromatic N) is 1. The predicted molar refractivity (Wildman–Crippen MR) is 52.5 cm³/mol. The van der Waals surface area contributed by atoms with E-state index in [0.29, 0.717) is 6.54 Å². The minimum Gasteiger partial charge on any atom is -0.336 e. The normalized spacial score (nSPS) is 17.8. The molecule has 0 aliphatic carbocycles. The molecule has 0 aromatic carbocycles. The monoisotopic (exact) mass is 185 g/mol. The number of hydrogen-bond acceptors (Lipinski definition) is 2. The van der Waals surface area contributed by atoms with E-state index in [2.05, 4.69) is 19.2 Å². The van der Waals surface area contributed by atoms with Gasteiger partial charge in [0.05, 0.1) is 5.54 Å². The lowest BCUT2D eigenvalue weighted by molar-refractivity contribution is 0.132. The highest BCUT2D eigenvalue weighted by Crippen LogP contribution is 2.24. The second kappa shape index (κ2) is 3.96. The van der Waals surface area contributed by atoms with Crippen LogP contribution in [0.1, 0.15) is 26.7 Å². The van der Waals surface area contributed by atoms with E-state index >= 15 is 0 Å². The molecule has 76 valence electrons. The SMILES string of the molecule is CCC(CC)(CN)N1CCNC1=O. The second-order valence-corrected chi connectivity index (χ2v) is 3.52. The van der Waals surface area contributed by atoms with Gasteiger partial charge in [0.15, 0.2) is 0 Å². The van der Waals surface area contributed by atoms with Crippen molar-refractivity contribution in [2.45, 2.75) is 32.2 Å². The third-order valence-electron chi connectivity index (χ3n) is 3.13. The third-order valence-corrected chi connectivity index (χ3v) is 3.13. The number of carbonyl (C=O) groups excluding carboxylic acids is 1. The van der Waals surface area contributed by atoms with Gasteiger partial charge in [-0.15, -0.1) is 0 Å². The van der Waals surface area contributed by atoms with Crippen LogP contribution in [-0.4, -0.2) is 36.1 Å². The van der Waals surface area contributed by atoms with Gasteiger partial charge in [0, 0.05) is 19.6 Å². The average molecular weight is 185 g/mol. The fraction of sp³-hybridized carbons (Fsp3) is 0.889. The fourth-order valence-corrected chi connectivity index (χ4v) is 1.95. The number of amides is 2. The Morgan fingerprint density at radius 1 is 1.54 bits per heavy atom. The summed E-state index contributed by atoms with van der Waals surface area (Å²) in [6.07, 6.45) is 1.85. The fourth-order valence-electron chi connectivity index (χ4n) is 1.95. The largest absolute Gasteiger partial charge is 0.336 e. The van der Waals surface area contributed by atoms with Crippen LogP contribution in [0.15, 0.2) is 0 Å². The highest BCUT2D eigenvalue weighted by Gasteiger charge is 2.37. The van der Waals surface area contributed by atoms with Crippen LogP contribution >= 0.6 is 0 Å². The molecule has 0 aromatic heterocycles. The smallest absolute Gasteiger partial charge is 0.318 e. The molecule has 0 unspecified atom stereocenters. The number of nitrogens with two attached hydrogens (primary N) is 1. The van der Waals surface area contributed by atoms with Crippen LogP contribution in [0.5, 0.6) is 0 Å². The van der Waals surface area contributed by atoms with Gasteiger partial charge in [0.2, 0.25) is 0 Å². The minimum absolute atomic E-state index is 0.0363. The van der Waals surface area contributed by atoms with Crippen molar-refractivity contribution in [3.8, 4) is 0 Å². The van der Waals surface area contributed by atoms with Crippen LogP contribution in [0.3, 0.4) is 0 Å². The predicted octanol–water partition coefficient (Wildman–Crippen LogP) is 0.529. The van der Waals surface area contributed by atoms with Crippen molar-refractivity contribution in [2.75, 3.05) is 19.6 Å². The summed E-state index contributed by atoms with van der Waals surface area (Å²) in [6.45, 7) is 6.26. The zero-order valence-electron chi connectivity index (χ0n) is 8.47. The van der Waals surface area contributed by atoms with Crippen molar-refractivity contribution in [2.24, 2.45) is 5.73 Å². The van der Waals surface area contributed by atoms with E-state index < -0.39 is 0 Å². The maximum Gasteiger partial charge on any atom is 0.318 e. The van der Waals surface area contributed by atoms with Crippen LogP contribution in [0.4, 0.5) is 4.79 Å². The number of urea groups is 1.